The van der Waals surface area contributed by atoms with E-state index in [2.05, 4.69) is 40.7 Å². The minimum atomic E-state index is -1.11. The molecule has 0 saturated heterocycles. The van der Waals surface area contributed by atoms with Crippen molar-refractivity contribution in [2.45, 2.75) is 32.2 Å². The van der Waals surface area contributed by atoms with Crippen molar-refractivity contribution in [1.29, 1.82) is 5.26 Å². The number of aromatic nitrogens is 4. The maximum Gasteiger partial charge on any atom is 0.189 e. The monoisotopic (exact) mass is 457 g/mol. The van der Waals surface area contributed by atoms with Crippen LogP contribution in [0.1, 0.15) is 11.1 Å². The molecule has 1 aromatic carbocycles. The molecule has 0 aliphatic heterocycles. The highest BCUT2D eigenvalue weighted by Crippen LogP contribution is 2.25. The van der Waals surface area contributed by atoms with Gasteiger partial charge in [-0.25, -0.2) is 9.97 Å². The maximum absolute atomic E-state index is 9.61. The van der Waals surface area contributed by atoms with Crippen LogP contribution in [-0.2, 0) is 11.3 Å². The summed E-state index contributed by atoms with van der Waals surface area (Å²) in [6.07, 6.45) is 5.21. The van der Waals surface area contributed by atoms with Crippen molar-refractivity contribution in [3.8, 4) is 23.1 Å². The second-order valence-electron chi connectivity index (χ2n) is 9.07. The fraction of sp³-hybridized carbons (Fsp3) is 0.280. The number of benzene rings is 1. The molecule has 0 unspecified atom stereocenters. The van der Waals surface area contributed by atoms with Crippen molar-refractivity contribution in [3.63, 3.8) is 0 Å². The summed E-state index contributed by atoms with van der Waals surface area (Å²) in [6.45, 7) is 8.47. The van der Waals surface area contributed by atoms with Gasteiger partial charge in [0.2, 0.25) is 0 Å². The van der Waals surface area contributed by atoms with Crippen LogP contribution >= 0.6 is 0 Å². The van der Waals surface area contributed by atoms with Gasteiger partial charge in [-0.15, -0.1) is 0 Å². The smallest absolute Gasteiger partial charge is 0.189 e. The first-order valence-electron chi connectivity index (χ1n) is 10.9. The molecule has 0 atom stereocenters. The van der Waals surface area contributed by atoms with E-state index in [9.17, 15) is 5.26 Å². The summed E-state index contributed by atoms with van der Waals surface area (Å²) >= 11 is 0. The van der Waals surface area contributed by atoms with Crippen molar-refractivity contribution in [2.24, 2.45) is 0 Å². The van der Waals surface area contributed by atoms with E-state index in [1.807, 2.05) is 47.0 Å². The van der Waals surface area contributed by atoms with Crippen LogP contribution < -0.4 is 4.74 Å². The predicted molar refractivity (Wildman–Crippen MR) is 131 cm³/mol. The summed E-state index contributed by atoms with van der Waals surface area (Å²) in [6, 6.07) is 16.7. The number of ether oxygens (including phenoxy) is 2. The third kappa shape index (κ3) is 5.83. The molecule has 3 heterocycles. The SMILES string of the molecule is C[Si](C)(C)CCOCOc1ccc(-c2cc(Cn3cnc4cccnc43)ccc2C#N)nc1. The molecule has 0 radical (unpaired) electrons. The van der Waals surface area contributed by atoms with Crippen LogP contribution in [0.2, 0.25) is 25.7 Å². The van der Waals surface area contributed by atoms with E-state index in [1.54, 1.807) is 18.7 Å². The van der Waals surface area contributed by atoms with Gasteiger partial charge in [-0.2, -0.15) is 5.26 Å². The summed E-state index contributed by atoms with van der Waals surface area (Å²) in [5.74, 6) is 0.636. The number of nitriles is 1. The number of imidazole rings is 1. The minimum absolute atomic E-state index is 0.206. The van der Waals surface area contributed by atoms with Crippen LogP contribution in [0.4, 0.5) is 0 Å². The maximum atomic E-state index is 9.61. The van der Waals surface area contributed by atoms with Crippen LogP contribution in [0.3, 0.4) is 0 Å². The Morgan fingerprint density at radius 2 is 1.94 bits per heavy atom. The van der Waals surface area contributed by atoms with Crippen LogP contribution in [0.5, 0.6) is 5.75 Å². The molecule has 0 aliphatic carbocycles. The average molecular weight is 458 g/mol. The zero-order valence-corrected chi connectivity index (χ0v) is 20.2. The Hall–Kier alpha value is -3.54. The van der Waals surface area contributed by atoms with Gasteiger partial charge < -0.3 is 14.0 Å². The van der Waals surface area contributed by atoms with Gasteiger partial charge >= 0.3 is 0 Å². The number of pyridine rings is 2. The molecule has 0 N–H and O–H groups in total. The molecular formula is C25H27N5O2Si. The molecule has 0 amide bonds. The predicted octanol–water partition coefficient (Wildman–Crippen LogP) is 5.10. The third-order valence-electron chi connectivity index (χ3n) is 5.25. The zero-order chi connectivity index (χ0) is 23.3. The molecule has 0 fully saturated rings. The molecule has 0 bridgehead atoms. The van der Waals surface area contributed by atoms with Crippen LogP contribution in [0.15, 0.2) is 61.2 Å². The number of hydrogen-bond donors (Lipinski definition) is 0. The number of fused-ring (bicyclic) bond motifs is 1. The van der Waals surface area contributed by atoms with Gasteiger partial charge in [0, 0.05) is 26.4 Å². The minimum Gasteiger partial charge on any atom is -0.466 e. The number of hydrogen-bond acceptors (Lipinski definition) is 6. The van der Waals surface area contributed by atoms with Gasteiger partial charge in [-0.1, -0.05) is 25.7 Å². The molecule has 0 aliphatic rings. The largest absolute Gasteiger partial charge is 0.466 e. The van der Waals surface area contributed by atoms with Crippen molar-refractivity contribution >= 4 is 19.2 Å². The first-order valence-corrected chi connectivity index (χ1v) is 14.6. The molecular weight excluding hydrogens is 430 g/mol. The van der Waals surface area contributed by atoms with E-state index < -0.39 is 8.07 Å². The first-order chi connectivity index (χ1) is 15.9. The Labute approximate surface area is 194 Å². The van der Waals surface area contributed by atoms with Crippen LogP contribution in [0.25, 0.3) is 22.4 Å². The highest BCUT2D eigenvalue weighted by molar-refractivity contribution is 6.76. The van der Waals surface area contributed by atoms with Gasteiger partial charge in [0.05, 0.1) is 36.4 Å². The van der Waals surface area contributed by atoms with Gasteiger partial charge in [0.15, 0.2) is 12.4 Å². The topological polar surface area (TPSA) is 85.9 Å². The third-order valence-corrected chi connectivity index (χ3v) is 6.95. The summed E-state index contributed by atoms with van der Waals surface area (Å²) < 4.78 is 13.2. The molecule has 8 heteroatoms. The Balaban J connectivity index is 1.46. The second-order valence-corrected chi connectivity index (χ2v) is 14.7. The van der Waals surface area contributed by atoms with Crippen LogP contribution in [0, 0.1) is 11.3 Å². The Bertz CT molecular complexity index is 1270. The molecule has 0 spiro atoms. The summed E-state index contributed by atoms with van der Waals surface area (Å²) in [7, 11) is -1.11. The van der Waals surface area contributed by atoms with E-state index in [-0.39, 0.29) is 6.79 Å². The number of rotatable bonds is 9. The Morgan fingerprint density at radius 3 is 2.70 bits per heavy atom. The van der Waals surface area contributed by atoms with Crippen molar-refractivity contribution in [3.05, 3.63) is 72.3 Å². The van der Waals surface area contributed by atoms with Crippen LogP contribution in [-0.4, -0.2) is 41.0 Å². The molecule has 168 valence electrons. The van der Waals surface area contributed by atoms with E-state index in [0.717, 1.165) is 28.3 Å². The summed E-state index contributed by atoms with van der Waals surface area (Å²) in [5.41, 5.74) is 4.79. The summed E-state index contributed by atoms with van der Waals surface area (Å²) in [5, 5.41) is 9.61. The molecule has 7 nitrogen and oxygen atoms in total. The van der Waals surface area contributed by atoms with E-state index in [1.165, 1.54) is 0 Å². The van der Waals surface area contributed by atoms with Gasteiger partial charge in [0.25, 0.3) is 0 Å². The average Bonchev–Trinajstić information content (AvgIpc) is 3.21. The zero-order valence-electron chi connectivity index (χ0n) is 19.2. The molecule has 33 heavy (non-hydrogen) atoms. The Morgan fingerprint density at radius 1 is 1.06 bits per heavy atom. The van der Waals surface area contributed by atoms with Crippen molar-refractivity contribution in [1.82, 2.24) is 19.5 Å². The van der Waals surface area contributed by atoms with Crippen molar-refractivity contribution < 1.29 is 9.47 Å². The molecule has 0 saturated carbocycles. The van der Waals surface area contributed by atoms with Gasteiger partial charge in [0.1, 0.15) is 11.3 Å². The fourth-order valence-corrected chi connectivity index (χ4v) is 4.14. The van der Waals surface area contributed by atoms with E-state index in [0.29, 0.717) is 30.2 Å². The summed E-state index contributed by atoms with van der Waals surface area (Å²) in [4.78, 5) is 13.4. The highest BCUT2D eigenvalue weighted by atomic mass is 28.3. The van der Waals surface area contributed by atoms with E-state index >= 15 is 0 Å². The lowest BCUT2D eigenvalue weighted by molar-refractivity contribution is 0.0218. The van der Waals surface area contributed by atoms with Gasteiger partial charge in [-0.3, -0.25) is 4.98 Å². The Kier molecular flexibility index (Phi) is 6.82. The molecule has 4 aromatic rings. The highest BCUT2D eigenvalue weighted by Gasteiger charge is 2.12. The van der Waals surface area contributed by atoms with Gasteiger partial charge in [-0.05, 0) is 48.0 Å². The lowest BCUT2D eigenvalue weighted by Crippen LogP contribution is -2.22. The molecule has 4 rings (SSSR count). The quantitative estimate of drug-likeness (QED) is 0.197. The lowest BCUT2D eigenvalue weighted by Gasteiger charge is -2.15. The number of nitrogens with zero attached hydrogens (tertiary/aromatic N) is 5. The molecule has 3 aromatic heterocycles. The first kappa shape index (κ1) is 22.6. The van der Waals surface area contributed by atoms with Crippen molar-refractivity contribution in [2.75, 3.05) is 13.4 Å². The lowest BCUT2D eigenvalue weighted by atomic mass is 10.0. The second kappa shape index (κ2) is 9.94. The van der Waals surface area contributed by atoms with E-state index in [4.69, 9.17) is 9.47 Å². The standard InChI is InChI=1S/C25H27N5O2Si/c1-33(2,3)12-11-31-18-32-21-8-9-23(28-15-21)22-13-19(6-7-20(22)14-26)16-30-17-29-24-5-4-10-27-25(24)30/h4-10,13,15,17H,11-12,16,18H2,1-3H3. The fourth-order valence-electron chi connectivity index (χ4n) is 3.38. The normalized spacial score (nSPS) is 11.5.